The number of aliphatic carboxylic acids is 1. The van der Waals surface area contributed by atoms with Crippen molar-refractivity contribution in [3.63, 3.8) is 0 Å². The van der Waals surface area contributed by atoms with Gasteiger partial charge in [0.15, 0.2) is 0 Å². The van der Waals surface area contributed by atoms with Crippen LogP contribution in [0.2, 0.25) is 0 Å². The van der Waals surface area contributed by atoms with Gasteiger partial charge in [-0.1, -0.05) is 25.5 Å². The summed E-state index contributed by atoms with van der Waals surface area (Å²) in [4.78, 5) is 30.0. The number of rotatable bonds is 8. The Morgan fingerprint density at radius 2 is 2.00 bits per heavy atom. The summed E-state index contributed by atoms with van der Waals surface area (Å²) >= 11 is 0. The molecule has 3 rings (SSSR count). The maximum atomic E-state index is 12.3. The second-order valence-electron chi connectivity index (χ2n) is 9.41. The summed E-state index contributed by atoms with van der Waals surface area (Å²) < 4.78 is 13.2. The van der Waals surface area contributed by atoms with Gasteiger partial charge in [-0.2, -0.15) is 0 Å². The van der Waals surface area contributed by atoms with Crippen LogP contribution in [-0.4, -0.2) is 61.7 Å². The first kappa shape index (κ1) is 25.5. The molecule has 2 unspecified atom stereocenters. The zero-order valence-corrected chi connectivity index (χ0v) is 20.7. The Morgan fingerprint density at radius 1 is 1.26 bits per heavy atom. The van der Waals surface area contributed by atoms with Crippen LogP contribution >= 0.6 is 0 Å². The van der Waals surface area contributed by atoms with E-state index in [-0.39, 0.29) is 18.6 Å². The van der Waals surface area contributed by atoms with Crippen molar-refractivity contribution in [2.75, 3.05) is 13.6 Å². The van der Waals surface area contributed by atoms with E-state index in [1.54, 1.807) is 29.7 Å². The molecule has 2 aromatic rings. The van der Waals surface area contributed by atoms with E-state index in [4.69, 9.17) is 9.47 Å². The lowest BCUT2D eigenvalue weighted by Gasteiger charge is -2.20. The van der Waals surface area contributed by atoms with Gasteiger partial charge in [0.05, 0.1) is 23.4 Å². The molecule has 0 radical (unpaired) electrons. The molecule has 2 heterocycles. The summed E-state index contributed by atoms with van der Waals surface area (Å²) in [5.74, 6) is -0.157. The molecule has 0 spiro atoms. The standard InChI is InChI=1S/C24H35N5O5/c1-15(2)13-28(4)24(32)33-14-20-22(26-27-29(20)5)19-10-11-21(16(3)25-19)34-18-9-7-6-8-17(12-18)23(30)31/h10-11,15,17-18H,6-9,12-14H2,1-5H3,(H,30,31). The monoisotopic (exact) mass is 473 g/mol. The van der Waals surface area contributed by atoms with E-state index >= 15 is 0 Å². The van der Waals surface area contributed by atoms with Crippen LogP contribution in [0.1, 0.15) is 57.3 Å². The number of carboxylic acids is 1. The van der Waals surface area contributed by atoms with E-state index in [0.717, 1.165) is 19.3 Å². The molecule has 1 aliphatic carbocycles. The normalized spacial score (nSPS) is 18.4. The lowest BCUT2D eigenvalue weighted by molar-refractivity contribution is -0.142. The fourth-order valence-electron chi connectivity index (χ4n) is 4.23. The van der Waals surface area contributed by atoms with Gasteiger partial charge >= 0.3 is 12.1 Å². The number of carboxylic acid groups (broad SMARTS) is 1. The van der Waals surface area contributed by atoms with Crippen LogP contribution in [0.25, 0.3) is 11.4 Å². The zero-order chi connectivity index (χ0) is 24.8. The predicted octanol–water partition coefficient (Wildman–Crippen LogP) is 3.82. The van der Waals surface area contributed by atoms with Crippen molar-refractivity contribution in [1.82, 2.24) is 24.9 Å². The summed E-state index contributed by atoms with van der Waals surface area (Å²) in [6.45, 7) is 6.55. The number of carbonyl (C=O) groups is 2. The summed E-state index contributed by atoms with van der Waals surface area (Å²) in [6, 6.07) is 3.63. The number of aryl methyl sites for hydroxylation is 2. The average molecular weight is 474 g/mol. The molecule has 34 heavy (non-hydrogen) atoms. The first-order chi connectivity index (χ1) is 16.2. The Labute approximate surface area is 200 Å². The number of pyridine rings is 1. The molecule has 10 heteroatoms. The molecule has 1 saturated carbocycles. The van der Waals surface area contributed by atoms with Gasteiger partial charge in [0.25, 0.3) is 0 Å². The van der Waals surface area contributed by atoms with E-state index in [0.29, 0.717) is 53.8 Å². The number of carbonyl (C=O) groups excluding carboxylic acids is 1. The second-order valence-corrected chi connectivity index (χ2v) is 9.41. The molecule has 0 aromatic carbocycles. The molecular weight excluding hydrogens is 438 g/mol. The zero-order valence-electron chi connectivity index (χ0n) is 20.7. The highest BCUT2D eigenvalue weighted by atomic mass is 16.6. The number of nitrogens with zero attached hydrogens (tertiary/aromatic N) is 5. The Balaban J connectivity index is 1.71. The minimum atomic E-state index is -0.757. The van der Waals surface area contributed by atoms with E-state index in [1.807, 2.05) is 26.8 Å². The maximum Gasteiger partial charge on any atom is 0.409 e. The Hall–Kier alpha value is -3.17. The fraction of sp³-hybridized carbons (Fsp3) is 0.625. The topological polar surface area (TPSA) is 120 Å². The Morgan fingerprint density at radius 3 is 2.68 bits per heavy atom. The van der Waals surface area contributed by atoms with Crippen LogP contribution in [0.15, 0.2) is 12.1 Å². The summed E-state index contributed by atoms with van der Waals surface area (Å²) in [5.41, 5.74) is 2.46. The van der Waals surface area contributed by atoms with Crippen LogP contribution in [0.5, 0.6) is 5.75 Å². The third-order valence-corrected chi connectivity index (χ3v) is 6.02. The molecule has 0 saturated heterocycles. The molecule has 1 fully saturated rings. The largest absolute Gasteiger partial charge is 0.489 e. The van der Waals surface area contributed by atoms with E-state index in [1.165, 1.54) is 0 Å². The lowest BCUT2D eigenvalue weighted by atomic mass is 9.99. The molecule has 0 bridgehead atoms. The van der Waals surface area contributed by atoms with Gasteiger partial charge < -0.3 is 19.5 Å². The highest BCUT2D eigenvalue weighted by molar-refractivity contribution is 5.70. The highest BCUT2D eigenvalue weighted by Crippen LogP contribution is 2.30. The van der Waals surface area contributed by atoms with Crippen LogP contribution in [-0.2, 0) is 23.2 Å². The molecule has 2 atom stereocenters. The second kappa shape index (κ2) is 11.3. The molecule has 2 aromatic heterocycles. The molecule has 10 nitrogen and oxygen atoms in total. The number of ether oxygens (including phenoxy) is 2. The van der Waals surface area contributed by atoms with Crippen molar-refractivity contribution >= 4 is 12.1 Å². The minimum Gasteiger partial charge on any atom is -0.489 e. The van der Waals surface area contributed by atoms with Gasteiger partial charge in [0.1, 0.15) is 23.7 Å². The van der Waals surface area contributed by atoms with Gasteiger partial charge in [0, 0.05) is 20.6 Å². The third-order valence-electron chi connectivity index (χ3n) is 6.02. The third kappa shape index (κ3) is 6.45. The Bertz CT molecular complexity index is 1010. The van der Waals surface area contributed by atoms with E-state index in [2.05, 4.69) is 15.3 Å². The molecule has 1 aliphatic rings. The van der Waals surface area contributed by atoms with Crippen molar-refractivity contribution < 1.29 is 24.2 Å². The van der Waals surface area contributed by atoms with E-state index < -0.39 is 12.1 Å². The maximum absolute atomic E-state index is 12.3. The number of hydrogen-bond donors (Lipinski definition) is 1. The Kier molecular flexibility index (Phi) is 8.46. The van der Waals surface area contributed by atoms with Crippen molar-refractivity contribution in [2.24, 2.45) is 18.9 Å². The predicted molar refractivity (Wildman–Crippen MR) is 125 cm³/mol. The van der Waals surface area contributed by atoms with Gasteiger partial charge in [0.2, 0.25) is 0 Å². The van der Waals surface area contributed by atoms with Crippen LogP contribution in [0, 0.1) is 18.8 Å². The van der Waals surface area contributed by atoms with Crippen molar-refractivity contribution in [2.45, 2.75) is 65.6 Å². The number of hydrogen-bond acceptors (Lipinski definition) is 7. The van der Waals surface area contributed by atoms with Gasteiger partial charge in [-0.05, 0) is 50.7 Å². The van der Waals surface area contributed by atoms with Gasteiger partial charge in [-0.15, -0.1) is 5.10 Å². The molecular formula is C24H35N5O5. The highest BCUT2D eigenvalue weighted by Gasteiger charge is 2.27. The van der Waals surface area contributed by atoms with Crippen molar-refractivity contribution in [3.05, 3.63) is 23.5 Å². The minimum absolute atomic E-state index is 0.0255. The summed E-state index contributed by atoms with van der Waals surface area (Å²) in [6.07, 6.45) is 3.32. The average Bonchev–Trinajstić information content (AvgIpc) is 2.98. The molecule has 1 N–H and O–H groups in total. The summed E-state index contributed by atoms with van der Waals surface area (Å²) in [7, 11) is 3.45. The van der Waals surface area contributed by atoms with Gasteiger partial charge in [-0.3, -0.25) is 4.79 Å². The van der Waals surface area contributed by atoms with Crippen LogP contribution in [0.4, 0.5) is 4.79 Å². The lowest BCUT2D eigenvalue weighted by Crippen LogP contribution is -2.31. The van der Waals surface area contributed by atoms with Crippen LogP contribution in [0.3, 0.4) is 0 Å². The molecule has 0 aliphatic heterocycles. The molecule has 1 amide bonds. The van der Waals surface area contributed by atoms with E-state index in [9.17, 15) is 14.7 Å². The fourth-order valence-corrected chi connectivity index (χ4v) is 4.23. The first-order valence-corrected chi connectivity index (χ1v) is 11.8. The first-order valence-electron chi connectivity index (χ1n) is 11.8. The number of amides is 1. The van der Waals surface area contributed by atoms with Crippen LogP contribution < -0.4 is 4.74 Å². The quantitative estimate of drug-likeness (QED) is 0.575. The summed E-state index contributed by atoms with van der Waals surface area (Å²) in [5, 5.41) is 17.7. The smallest absolute Gasteiger partial charge is 0.409 e. The van der Waals surface area contributed by atoms with Crippen molar-refractivity contribution in [3.8, 4) is 17.1 Å². The molecule has 186 valence electrons. The number of aromatic nitrogens is 4. The SMILES string of the molecule is Cc1nc(-c2nnn(C)c2COC(=O)N(C)CC(C)C)ccc1OC1CCCCC(C(=O)O)C1. The van der Waals surface area contributed by atoms with Gasteiger partial charge in [-0.25, -0.2) is 14.5 Å². The van der Waals surface area contributed by atoms with Crippen molar-refractivity contribution in [1.29, 1.82) is 0 Å².